The summed E-state index contributed by atoms with van der Waals surface area (Å²) in [5.74, 6) is -0.114. The van der Waals surface area contributed by atoms with Crippen LogP contribution in [0.15, 0.2) is 78.9 Å². The summed E-state index contributed by atoms with van der Waals surface area (Å²) in [6, 6.07) is 24.0. The molecule has 0 heterocycles. The van der Waals surface area contributed by atoms with Crippen molar-refractivity contribution < 1.29 is 19.1 Å². The molecular weight excluding hydrogens is 414 g/mol. The van der Waals surface area contributed by atoms with Gasteiger partial charge in [-0.05, 0) is 46.4 Å². The average molecular weight is 446 g/mol. The number of carbonyl (C=O) groups excluding carboxylic acids is 2. The summed E-state index contributed by atoms with van der Waals surface area (Å²) in [5, 5.41) is 2.81. The lowest BCUT2D eigenvalue weighted by Gasteiger charge is -2.20. The Kier molecular flexibility index (Phi) is 7.88. The third-order valence-corrected chi connectivity index (χ3v) is 5.39. The zero-order valence-electron chi connectivity index (χ0n) is 19.6. The fourth-order valence-corrected chi connectivity index (χ4v) is 3.44. The van der Waals surface area contributed by atoms with E-state index in [2.05, 4.69) is 26.1 Å². The molecule has 1 amide bonds. The van der Waals surface area contributed by atoms with Crippen LogP contribution < -0.4 is 10.1 Å². The van der Waals surface area contributed by atoms with Crippen LogP contribution >= 0.6 is 0 Å². The van der Waals surface area contributed by atoms with Gasteiger partial charge in [0.25, 0.3) is 5.91 Å². The Morgan fingerprint density at radius 2 is 1.55 bits per heavy atom. The standard InChI is InChI=1S/C28H31NO4/c1-28(2,3)23-15-13-22(14-16-23)26(30)29-25(27(31)32-4)18-21-11-8-12-24(17-21)33-19-20-9-6-5-7-10-20/h5-17,25H,18-19H2,1-4H3,(H,29,30)/t25-/m1/s1. The number of esters is 1. The second-order valence-electron chi connectivity index (χ2n) is 9.00. The summed E-state index contributed by atoms with van der Waals surface area (Å²) in [5.41, 5.74) is 3.56. The number of methoxy groups -OCH3 is 1. The number of rotatable bonds is 8. The lowest BCUT2D eigenvalue weighted by Crippen LogP contribution is -2.43. The van der Waals surface area contributed by atoms with Gasteiger partial charge >= 0.3 is 5.97 Å². The van der Waals surface area contributed by atoms with Gasteiger partial charge in [-0.1, -0.05) is 75.4 Å². The van der Waals surface area contributed by atoms with Crippen molar-refractivity contribution in [2.75, 3.05) is 7.11 Å². The maximum absolute atomic E-state index is 12.8. The second kappa shape index (κ2) is 10.8. The minimum atomic E-state index is -0.811. The van der Waals surface area contributed by atoms with E-state index < -0.39 is 12.0 Å². The molecule has 0 aliphatic rings. The first kappa shape index (κ1) is 24.1. The third kappa shape index (κ3) is 6.94. The predicted molar refractivity (Wildman–Crippen MR) is 129 cm³/mol. The van der Waals surface area contributed by atoms with Crippen LogP contribution in [-0.2, 0) is 28.0 Å². The van der Waals surface area contributed by atoms with Gasteiger partial charge in [-0.15, -0.1) is 0 Å². The summed E-state index contributed by atoms with van der Waals surface area (Å²) in [6.07, 6.45) is 0.293. The molecule has 0 aliphatic carbocycles. The van der Waals surface area contributed by atoms with Crippen LogP contribution in [0.1, 0.15) is 47.8 Å². The van der Waals surface area contributed by atoms with Gasteiger partial charge in [0.1, 0.15) is 18.4 Å². The molecule has 5 heteroatoms. The molecule has 0 saturated carbocycles. The summed E-state index contributed by atoms with van der Waals surface area (Å²) >= 11 is 0. The first-order valence-electron chi connectivity index (χ1n) is 11.0. The normalized spacial score (nSPS) is 12.0. The van der Waals surface area contributed by atoms with Crippen LogP contribution in [0.25, 0.3) is 0 Å². The van der Waals surface area contributed by atoms with Crippen molar-refractivity contribution in [2.24, 2.45) is 0 Å². The Hall–Kier alpha value is -3.60. The number of benzene rings is 3. The molecule has 0 spiro atoms. The molecular formula is C28H31NO4. The Balaban J connectivity index is 1.68. The van der Waals surface area contributed by atoms with Gasteiger partial charge in [0.2, 0.25) is 0 Å². The molecule has 0 saturated heterocycles. The van der Waals surface area contributed by atoms with Crippen LogP contribution in [0.3, 0.4) is 0 Å². The van der Waals surface area contributed by atoms with Gasteiger partial charge in [0, 0.05) is 12.0 Å². The van der Waals surface area contributed by atoms with Gasteiger partial charge in [-0.2, -0.15) is 0 Å². The number of ether oxygens (including phenoxy) is 2. The van der Waals surface area contributed by atoms with Crippen molar-refractivity contribution in [2.45, 2.75) is 45.3 Å². The number of hydrogen-bond acceptors (Lipinski definition) is 4. The Bertz CT molecular complexity index is 1070. The zero-order valence-corrected chi connectivity index (χ0v) is 19.6. The smallest absolute Gasteiger partial charge is 0.328 e. The molecule has 33 heavy (non-hydrogen) atoms. The Morgan fingerprint density at radius 1 is 0.879 bits per heavy atom. The van der Waals surface area contributed by atoms with E-state index in [9.17, 15) is 9.59 Å². The van der Waals surface area contributed by atoms with Crippen molar-refractivity contribution in [1.82, 2.24) is 5.32 Å². The fraction of sp³-hybridized carbons (Fsp3) is 0.286. The molecule has 1 N–H and O–H groups in total. The molecule has 3 aromatic rings. The highest BCUT2D eigenvalue weighted by atomic mass is 16.5. The number of hydrogen-bond donors (Lipinski definition) is 1. The maximum atomic E-state index is 12.8. The third-order valence-electron chi connectivity index (χ3n) is 5.39. The van der Waals surface area contributed by atoms with Crippen molar-refractivity contribution in [1.29, 1.82) is 0 Å². The van der Waals surface area contributed by atoms with Crippen LogP contribution in [0.4, 0.5) is 0 Å². The highest BCUT2D eigenvalue weighted by Crippen LogP contribution is 2.22. The summed E-state index contributed by atoms with van der Waals surface area (Å²) in [4.78, 5) is 25.2. The van der Waals surface area contributed by atoms with E-state index in [0.29, 0.717) is 24.3 Å². The molecule has 0 radical (unpaired) electrons. The molecule has 172 valence electrons. The molecule has 0 aromatic heterocycles. The van der Waals surface area contributed by atoms with Crippen molar-refractivity contribution >= 4 is 11.9 Å². The summed E-state index contributed by atoms with van der Waals surface area (Å²) in [6.45, 7) is 6.80. The quantitative estimate of drug-likeness (QED) is 0.491. The monoisotopic (exact) mass is 445 g/mol. The van der Waals surface area contributed by atoms with E-state index in [1.165, 1.54) is 7.11 Å². The van der Waals surface area contributed by atoms with E-state index in [0.717, 1.165) is 16.7 Å². The zero-order chi connectivity index (χ0) is 23.8. The largest absolute Gasteiger partial charge is 0.489 e. The Morgan fingerprint density at radius 3 is 2.18 bits per heavy atom. The van der Waals surface area contributed by atoms with Crippen LogP contribution in [0.5, 0.6) is 5.75 Å². The molecule has 0 bridgehead atoms. The van der Waals surface area contributed by atoms with Crippen LogP contribution in [-0.4, -0.2) is 25.0 Å². The van der Waals surface area contributed by atoms with Crippen LogP contribution in [0, 0.1) is 0 Å². The minimum absolute atomic E-state index is 0.00282. The summed E-state index contributed by atoms with van der Waals surface area (Å²) < 4.78 is 10.8. The van der Waals surface area contributed by atoms with E-state index >= 15 is 0 Å². The lowest BCUT2D eigenvalue weighted by molar-refractivity contribution is -0.142. The van der Waals surface area contributed by atoms with Crippen LogP contribution in [0.2, 0.25) is 0 Å². The first-order valence-corrected chi connectivity index (χ1v) is 11.0. The predicted octanol–water partition coefficient (Wildman–Crippen LogP) is 5.08. The highest BCUT2D eigenvalue weighted by molar-refractivity contribution is 5.96. The Labute approximate surface area is 195 Å². The van der Waals surface area contributed by atoms with Gasteiger partial charge in [0.05, 0.1) is 7.11 Å². The lowest BCUT2D eigenvalue weighted by atomic mass is 9.86. The van der Waals surface area contributed by atoms with E-state index in [4.69, 9.17) is 9.47 Å². The highest BCUT2D eigenvalue weighted by Gasteiger charge is 2.23. The maximum Gasteiger partial charge on any atom is 0.328 e. The second-order valence-corrected chi connectivity index (χ2v) is 9.00. The molecule has 1 atom stereocenters. The molecule has 0 unspecified atom stereocenters. The number of carbonyl (C=O) groups is 2. The number of nitrogens with one attached hydrogen (secondary N) is 1. The minimum Gasteiger partial charge on any atom is -0.489 e. The van der Waals surface area contributed by atoms with Gasteiger partial charge in [0.15, 0.2) is 0 Å². The molecule has 3 rings (SSSR count). The van der Waals surface area contributed by atoms with Gasteiger partial charge < -0.3 is 14.8 Å². The molecule has 0 fully saturated rings. The van der Waals surface area contributed by atoms with Gasteiger partial charge in [-0.25, -0.2) is 4.79 Å². The van der Waals surface area contributed by atoms with E-state index in [-0.39, 0.29) is 11.3 Å². The fourth-order valence-electron chi connectivity index (χ4n) is 3.44. The molecule has 0 aliphatic heterocycles. The van der Waals surface area contributed by atoms with E-state index in [1.54, 1.807) is 12.1 Å². The van der Waals surface area contributed by atoms with Crippen molar-refractivity contribution in [3.8, 4) is 5.75 Å². The van der Waals surface area contributed by atoms with Crippen molar-refractivity contribution in [3.63, 3.8) is 0 Å². The topological polar surface area (TPSA) is 64.6 Å². The summed E-state index contributed by atoms with van der Waals surface area (Å²) in [7, 11) is 1.32. The average Bonchev–Trinajstić information content (AvgIpc) is 2.82. The SMILES string of the molecule is COC(=O)[C@@H](Cc1cccc(OCc2ccccc2)c1)NC(=O)c1ccc(C(C)(C)C)cc1. The molecule has 5 nitrogen and oxygen atoms in total. The van der Waals surface area contributed by atoms with Gasteiger partial charge in [-0.3, -0.25) is 4.79 Å². The first-order chi connectivity index (χ1) is 15.8. The molecule has 3 aromatic carbocycles. The van der Waals surface area contributed by atoms with E-state index in [1.807, 2.05) is 66.7 Å². The number of amides is 1. The van der Waals surface area contributed by atoms with Crippen molar-refractivity contribution in [3.05, 3.63) is 101 Å².